The molecule has 0 fully saturated rings. The molecular formula is C8H7BClO. The third-order valence-corrected chi connectivity index (χ3v) is 1.69. The van der Waals surface area contributed by atoms with Crippen molar-refractivity contribution in [3.63, 3.8) is 0 Å². The van der Waals surface area contributed by atoms with Gasteiger partial charge < -0.3 is 0 Å². The normalized spacial score (nSPS) is 9.64. The molecule has 0 atom stereocenters. The maximum Gasteiger partial charge on any atom is 0.159 e. The average molecular weight is 165 g/mol. The summed E-state index contributed by atoms with van der Waals surface area (Å²) >= 11 is 5.68. The molecule has 0 aliphatic heterocycles. The van der Waals surface area contributed by atoms with E-state index in [-0.39, 0.29) is 5.78 Å². The van der Waals surface area contributed by atoms with E-state index in [9.17, 15) is 4.79 Å². The maximum atomic E-state index is 10.9. The molecule has 55 valence electrons. The van der Waals surface area contributed by atoms with Crippen LogP contribution in [0, 0.1) is 0 Å². The van der Waals surface area contributed by atoms with Crippen molar-refractivity contribution in [2.24, 2.45) is 0 Å². The number of carbonyl (C=O) groups is 1. The van der Waals surface area contributed by atoms with Crippen LogP contribution >= 0.6 is 11.6 Å². The molecule has 1 rings (SSSR count). The van der Waals surface area contributed by atoms with Crippen LogP contribution in [0.4, 0.5) is 0 Å². The van der Waals surface area contributed by atoms with Gasteiger partial charge in [0, 0.05) is 10.6 Å². The fourth-order valence-corrected chi connectivity index (χ4v) is 1.05. The Labute approximate surface area is 71.8 Å². The molecule has 0 heterocycles. The smallest absolute Gasteiger partial charge is 0.159 e. The van der Waals surface area contributed by atoms with Gasteiger partial charge >= 0.3 is 0 Å². The first-order valence-corrected chi connectivity index (χ1v) is 3.61. The van der Waals surface area contributed by atoms with Gasteiger partial charge in [-0.15, -0.1) is 0 Å². The Balaban J connectivity index is 3.23. The van der Waals surface area contributed by atoms with E-state index in [0.29, 0.717) is 10.6 Å². The highest BCUT2D eigenvalue weighted by Gasteiger charge is 2.02. The van der Waals surface area contributed by atoms with Crippen molar-refractivity contribution in [1.29, 1.82) is 0 Å². The third-order valence-electron chi connectivity index (χ3n) is 1.45. The van der Waals surface area contributed by atoms with Crippen LogP contribution < -0.4 is 5.46 Å². The Morgan fingerprint density at radius 1 is 1.55 bits per heavy atom. The highest BCUT2D eigenvalue weighted by Crippen LogP contribution is 2.08. The lowest BCUT2D eigenvalue weighted by Gasteiger charge is -2.00. The van der Waals surface area contributed by atoms with Crippen LogP contribution in [0.25, 0.3) is 0 Å². The summed E-state index contributed by atoms with van der Waals surface area (Å²) in [4.78, 5) is 10.9. The molecule has 3 heteroatoms. The van der Waals surface area contributed by atoms with Gasteiger partial charge in [0.25, 0.3) is 0 Å². The number of hydrogen-bond acceptors (Lipinski definition) is 1. The quantitative estimate of drug-likeness (QED) is 0.449. The van der Waals surface area contributed by atoms with Gasteiger partial charge in [0.05, 0.1) is 0 Å². The van der Waals surface area contributed by atoms with Crippen molar-refractivity contribution in [3.8, 4) is 0 Å². The number of Topliss-reactive ketones (excluding diaryl/α,β-unsaturated/α-hetero) is 1. The van der Waals surface area contributed by atoms with E-state index in [1.54, 1.807) is 18.2 Å². The lowest BCUT2D eigenvalue weighted by molar-refractivity contribution is 0.101. The minimum absolute atomic E-state index is 0.00231. The molecule has 1 aromatic rings. The molecule has 1 radical (unpaired) electrons. The van der Waals surface area contributed by atoms with Crippen LogP contribution in [0.3, 0.4) is 0 Å². The Bertz CT molecular complexity index is 296. The van der Waals surface area contributed by atoms with Crippen LogP contribution in [-0.4, -0.2) is 13.6 Å². The van der Waals surface area contributed by atoms with Gasteiger partial charge in [-0.2, -0.15) is 0 Å². The minimum atomic E-state index is -0.00231. The highest BCUT2D eigenvalue weighted by atomic mass is 35.5. The second kappa shape index (κ2) is 3.10. The zero-order valence-corrected chi connectivity index (χ0v) is 6.98. The van der Waals surface area contributed by atoms with Crippen LogP contribution in [-0.2, 0) is 0 Å². The number of benzene rings is 1. The minimum Gasteiger partial charge on any atom is -0.295 e. The lowest BCUT2D eigenvalue weighted by Crippen LogP contribution is -2.13. The van der Waals surface area contributed by atoms with Gasteiger partial charge in [0.1, 0.15) is 7.85 Å². The molecule has 0 aliphatic rings. The summed E-state index contributed by atoms with van der Waals surface area (Å²) in [5.74, 6) is -0.00231. The molecule has 1 aromatic carbocycles. The Hall–Kier alpha value is -0.755. The van der Waals surface area contributed by atoms with Crippen molar-refractivity contribution in [2.45, 2.75) is 6.92 Å². The molecule has 0 aliphatic carbocycles. The Kier molecular flexibility index (Phi) is 2.35. The fraction of sp³-hybridized carbons (Fsp3) is 0.125. The van der Waals surface area contributed by atoms with Crippen LogP contribution in [0.1, 0.15) is 17.3 Å². The van der Waals surface area contributed by atoms with Crippen molar-refractivity contribution in [3.05, 3.63) is 28.8 Å². The first kappa shape index (κ1) is 8.34. The first-order valence-electron chi connectivity index (χ1n) is 3.23. The number of ketones is 1. The van der Waals surface area contributed by atoms with E-state index in [1.165, 1.54) is 6.92 Å². The SMILES string of the molecule is [BH]c1ccc(Cl)cc1C(C)=O. The Morgan fingerprint density at radius 2 is 2.18 bits per heavy atom. The van der Waals surface area contributed by atoms with Crippen LogP contribution in [0.2, 0.25) is 5.02 Å². The zero-order valence-electron chi connectivity index (χ0n) is 6.23. The number of carbonyl (C=O) groups excluding carboxylic acids is 1. The zero-order chi connectivity index (χ0) is 8.43. The molecule has 0 saturated heterocycles. The number of rotatable bonds is 1. The standard InChI is InChI=1S/C8H7BClO/c1-5(11)7-4-6(10)2-3-8(7)9/h2-4,9H,1H3. The van der Waals surface area contributed by atoms with Crippen molar-refractivity contribution >= 4 is 30.7 Å². The molecule has 0 aromatic heterocycles. The molecule has 0 spiro atoms. The predicted molar refractivity (Wildman–Crippen MR) is 48.2 cm³/mol. The summed E-state index contributed by atoms with van der Waals surface area (Å²) in [5, 5.41) is 0.572. The number of hydrogen-bond donors (Lipinski definition) is 0. The molecule has 0 N–H and O–H groups in total. The van der Waals surface area contributed by atoms with Crippen LogP contribution in [0.15, 0.2) is 18.2 Å². The average Bonchev–Trinajstić information content (AvgIpc) is 1.94. The van der Waals surface area contributed by atoms with Crippen LogP contribution in [0.5, 0.6) is 0 Å². The largest absolute Gasteiger partial charge is 0.295 e. The highest BCUT2D eigenvalue weighted by molar-refractivity contribution is 6.38. The predicted octanol–water partition coefficient (Wildman–Crippen LogP) is 1.07. The monoisotopic (exact) mass is 165 g/mol. The van der Waals surface area contributed by atoms with E-state index in [0.717, 1.165) is 5.46 Å². The fourth-order valence-electron chi connectivity index (χ4n) is 0.876. The molecule has 0 bridgehead atoms. The summed E-state index contributed by atoms with van der Waals surface area (Å²) in [6.45, 7) is 1.50. The molecular weight excluding hydrogens is 158 g/mol. The molecule has 0 amide bonds. The van der Waals surface area contributed by atoms with Gasteiger partial charge in [-0.05, 0) is 19.1 Å². The van der Waals surface area contributed by atoms with E-state index in [4.69, 9.17) is 11.6 Å². The van der Waals surface area contributed by atoms with Gasteiger partial charge in [-0.25, -0.2) is 0 Å². The Morgan fingerprint density at radius 3 is 2.64 bits per heavy atom. The van der Waals surface area contributed by atoms with Gasteiger partial charge in [0.2, 0.25) is 0 Å². The van der Waals surface area contributed by atoms with E-state index in [2.05, 4.69) is 7.85 Å². The maximum absolute atomic E-state index is 10.9. The third kappa shape index (κ3) is 1.84. The molecule has 0 unspecified atom stereocenters. The van der Waals surface area contributed by atoms with Crippen molar-refractivity contribution in [2.75, 3.05) is 0 Å². The summed E-state index contributed by atoms with van der Waals surface area (Å²) < 4.78 is 0. The molecule has 0 saturated carbocycles. The summed E-state index contributed by atoms with van der Waals surface area (Å²) in [6.07, 6.45) is 0. The summed E-state index contributed by atoms with van der Waals surface area (Å²) in [5.41, 5.74) is 1.32. The van der Waals surface area contributed by atoms with Gasteiger partial charge in [0.15, 0.2) is 5.78 Å². The van der Waals surface area contributed by atoms with Crippen molar-refractivity contribution < 1.29 is 4.79 Å². The first-order chi connectivity index (χ1) is 5.11. The van der Waals surface area contributed by atoms with E-state index in [1.807, 2.05) is 0 Å². The van der Waals surface area contributed by atoms with Gasteiger partial charge in [-0.3, -0.25) is 4.79 Å². The second-order valence-electron chi connectivity index (χ2n) is 2.36. The van der Waals surface area contributed by atoms with Gasteiger partial charge in [-0.1, -0.05) is 23.1 Å². The summed E-state index contributed by atoms with van der Waals surface area (Å²) in [7, 11) is 3.70. The second-order valence-corrected chi connectivity index (χ2v) is 2.79. The topological polar surface area (TPSA) is 17.1 Å². The van der Waals surface area contributed by atoms with Crippen molar-refractivity contribution in [1.82, 2.24) is 0 Å². The molecule has 1 nitrogen and oxygen atoms in total. The number of halogens is 1. The molecule has 11 heavy (non-hydrogen) atoms. The summed E-state index contributed by atoms with van der Waals surface area (Å²) in [6, 6.07) is 5.08. The van der Waals surface area contributed by atoms with E-state index < -0.39 is 0 Å². The van der Waals surface area contributed by atoms with E-state index >= 15 is 0 Å². The lowest BCUT2D eigenvalue weighted by atomic mass is 9.89.